The fraction of sp³-hybridized carbons (Fsp3) is 0.250. The second kappa shape index (κ2) is 5.25. The average Bonchev–Trinajstić information content (AvgIpc) is 2.40. The van der Waals surface area contributed by atoms with Crippen LogP contribution < -0.4 is 10.1 Å². The number of rotatable bonds is 4. The highest BCUT2D eigenvalue weighted by atomic mass is 16.5. The SMILES string of the molecule is COc1ccnc(NC(C)c2ccncc2)n1. The van der Waals surface area contributed by atoms with Gasteiger partial charge in [-0.25, -0.2) is 4.98 Å². The van der Waals surface area contributed by atoms with Gasteiger partial charge in [-0.15, -0.1) is 0 Å². The van der Waals surface area contributed by atoms with E-state index in [1.54, 1.807) is 31.8 Å². The zero-order chi connectivity index (χ0) is 12.1. The van der Waals surface area contributed by atoms with Crippen molar-refractivity contribution >= 4 is 5.95 Å². The first-order valence-corrected chi connectivity index (χ1v) is 5.33. The van der Waals surface area contributed by atoms with Gasteiger partial charge in [0, 0.05) is 24.7 Å². The molecule has 17 heavy (non-hydrogen) atoms. The van der Waals surface area contributed by atoms with Crippen LogP contribution in [0.25, 0.3) is 0 Å². The van der Waals surface area contributed by atoms with Gasteiger partial charge < -0.3 is 10.1 Å². The maximum absolute atomic E-state index is 5.04. The van der Waals surface area contributed by atoms with Crippen LogP contribution in [0, 0.1) is 0 Å². The molecule has 5 heteroatoms. The minimum Gasteiger partial charge on any atom is -0.481 e. The Bertz CT molecular complexity index is 475. The topological polar surface area (TPSA) is 59.9 Å². The summed E-state index contributed by atoms with van der Waals surface area (Å²) in [6.07, 6.45) is 5.19. The van der Waals surface area contributed by atoms with Crippen molar-refractivity contribution in [3.05, 3.63) is 42.4 Å². The number of hydrogen-bond donors (Lipinski definition) is 1. The molecule has 2 aromatic heterocycles. The predicted octanol–water partition coefficient (Wildman–Crippen LogP) is 2.05. The van der Waals surface area contributed by atoms with Gasteiger partial charge in [-0.05, 0) is 24.6 Å². The van der Waals surface area contributed by atoms with Gasteiger partial charge in [-0.2, -0.15) is 4.98 Å². The fourth-order valence-electron chi connectivity index (χ4n) is 1.45. The van der Waals surface area contributed by atoms with E-state index in [-0.39, 0.29) is 6.04 Å². The summed E-state index contributed by atoms with van der Waals surface area (Å²) in [6, 6.07) is 5.74. The molecule has 1 N–H and O–H groups in total. The van der Waals surface area contributed by atoms with E-state index in [9.17, 15) is 0 Å². The van der Waals surface area contributed by atoms with Crippen LogP contribution in [0.2, 0.25) is 0 Å². The first-order valence-electron chi connectivity index (χ1n) is 5.33. The first kappa shape index (κ1) is 11.3. The van der Waals surface area contributed by atoms with Crippen molar-refractivity contribution in [1.82, 2.24) is 15.0 Å². The summed E-state index contributed by atoms with van der Waals surface area (Å²) < 4.78 is 5.04. The standard InChI is InChI=1S/C12H14N4O/c1-9(10-3-6-13-7-4-10)15-12-14-8-5-11(16-12)17-2/h3-9H,1-2H3,(H,14,15,16). The second-order valence-electron chi connectivity index (χ2n) is 3.57. The Hall–Kier alpha value is -2.17. The summed E-state index contributed by atoms with van der Waals surface area (Å²) in [5, 5.41) is 3.20. The van der Waals surface area contributed by atoms with Crippen molar-refractivity contribution in [3.63, 3.8) is 0 Å². The Kier molecular flexibility index (Phi) is 3.49. The highest BCUT2D eigenvalue weighted by molar-refractivity contribution is 5.32. The molecular formula is C12H14N4O. The Morgan fingerprint density at radius 3 is 2.65 bits per heavy atom. The molecule has 0 radical (unpaired) electrons. The first-order chi connectivity index (χ1) is 8.29. The van der Waals surface area contributed by atoms with E-state index in [1.165, 1.54) is 0 Å². The Morgan fingerprint density at radius 2 is 1.94 bits per heavy atom. The zero-order valence-electron chi connectivity index (χ0n) is 9.79. The van der Waals surface area contributed by atoms with Crippen LogP contribution in [-0.4, -0.2) is 22.1 Å². The molecule has 2 rings (SSSR count). The highest BCUT2D eigenvalue weighted by Crippen LogP contribution is 2.16. The highest BCUT2D eigenvalue weighted by Gasteiger charge is 2.06. The molecule has 0 aromatic carbocycles. The summed E-state index contributed by atoms with van der Waals surface area (Å²) in [5.74, 6) is 1.10. The van der Waals surface area contributed by atoms with Gasteiger partial charge in [0.05, 0.1) is 13.2 Å². The summed E-state index contributed by atoms with van der Waals surface area (Å²) in [4.78, 5) is 12.3. The van der Waals surface area contributed by atoms with Crippen molar-refractivity contribution in [2.45, 2.75) is 13.0 Å². The lowest BCUT2D eigenvalue weighted by Gasteiger charge is -2.13. The van der Waals surface area contributed by atoms with Crippen LogP contribution in [0.15, 0.2) is 36.8 Å². The molecular weight excluding hydrogens is 216 g/mol. The smallest absolute Gasteiger partial charge is 0.226 e. The number of ether oxygens (including phenoxy) is 1. The van der Waals surface area contributed by atoms with Crippen molar-refractivity contribution < 1.29 is 4.74 Å². The van der Waals surface area contributed by atoms with Gasteiger partial charge in [-0.1, -0.05) is 0 Å². The van der Waals surface area contributed by atoms with Crippen LogP contribution in [-0.2, 0) is 0 Å². The predicted molar refractivity (Wildman–Crippen MR) is 64.9 cm³/mol. The maximum Gasteiger partial charge on any atom is 0.226 e. The van der Waals surface area contributed by atoms with E-state index in [0.29, 0.717) is 11.8 Å². The summed E-state index contributed by atoms with van der Waals surface area (Å²) >= 11 is 0. The van der Waals surface area contributed by atoms with Gasteiger partial charge in [0.25, 0.3) is 0 Å². The van der Waals surface area contributed by atoms with E-state index >= 15 is 0 Å². The number of aromatic nitrogens is 3. The molecule has 1 unspecified atom stereocenters. The summed E-state index contributed by atoms with van der Waals surface area (Å²) in [6.45, 7) is 2.04. The Labute approximate surface area is 99.9 Å². The van der Waals surface area contributed by atoms with Gasteiger partial charge in [0.2, 0.25) is 11.8 Å². The van der Waals surface area contributed by atoms with Crippen molar-refractivity contribution in [3.8, 4) is 5.88 Å². The number of hydrogen-bond acceptors (Lipinski definition) is 5. The molecule has 0 bridgehead atoms. The summed E-state index contributed by atoms with van der Waals surface area (Å²) in [7, 11) is 1.58. The van der Waals surface area contributed by atoms with E-state index in [1.807, 2.05) is 19.1 Å². The quantitative estimate of drug-likeness (QED) is 0.871. The third kappa shape index (κ3) is 2.90. The molecule has 0 saturated carbocycles. The lowest BCUT2D eigenvalue weighted by molar-refractivity contribution is 0.397. The van der Waals surface area contributed by atoms with Gasteiger partial charge in [-0.3, -0.25) is 4.98 Å². The molecule has 0 saturated heterocycles. The molecule has 0 aliphatic carbocycles. The van der Waals surface area contributed by atoms with E-state index in [0.717, 1.165) is 5.56 Å². The summed E-state index contributed by atoms with van der Waals surface area (Å²) in [5.41, 5.74) is 1.13. The van der Waals surface area contributed by atoms with E-state index in [2.05, 4.69) is 20.3 Å². The van der Waals surface area contributed by atoms with Gasteiger partial charge in [0.15, 0.2) is 0 Å². The normalized spacial score (nSPS) is 11.9. The van der Waals surface area contributed by atoms with E-state index in [4.69, 9.17) is 4.74 Å². The lowest BCUT2D eigenvalue weighted by Crippen LogP contribution is -2.09. The average molecular weight is 230 g/mol. The molecule has 5 nitrogen and oxygen atoms in total. The monoisotopic (exact) mass is 230 g/mol. The van der Waals surface area contributed by atoms with Gasteiger partial charge >= 0.3 is 0 Å². The third-order valence-electron chi connectivity index (χ3n) is 2.39. The largest absolute Gasteiger partial charge is 0.481 e. The molecule has 0 spiro atoms. The van der Waals surface area contributed by atoms with Gasteiger partial charge in [0.1, 0.15) is 0 Å². The molecule has 0 aliphatic rings. The molecule has 0 aliphatic heterocycles. The van der Waals surface area contributed by atoms with Crippen LogP contribution in [0.5, 0.6) is 5.88 Å². The minimum absolute atomic E-state index is 0.116. The van der Waals surface area contributed by atoms with Crippen LogP contribution in [0.4, 0.5) is 5.95 Å². The second-order valence-corrected chi connectivity index (χ2v) is 3.57. The number of methoxy groups -OCH3 is 1. The molecule has 0 fully saturated rings. The number of anilines is 1. The molecule has 1 atom stereocenters. The molecule has 0 amide bonds. The molecule has 88 valence electrons. The minimum atomic E-state index is 0.116. The Balaban J connectivity index is 2.10. The molecule has 2 aromatic rings. The van der Waals surface area contributed by atoms with Crippen molar-refractivity contribution in [2.75, 3.05) is 12.4 Å². The van der Waals surface area contributed by atoms with Crippen molar-refractivity contribution in [1.29, 1.82) is 0 Å². The fourth-order valence-corrected chi connectivity index (χ4v) is 1.45. The van der Waals surface area contributed by atoms with E-state index < -0.39 is 0 Å². The number of nitrogens with one attached hydrogen (secondary N) is 1. The third-order valence-corrected chi connectivity index (χ3v) is 2.39. The van der Waals surface area contributed by atoms with Crippen LogP contribution in [0.3, 0.4) is 0 Å². The number of pyridine rings is 1. The molecule has 2 heterocycles. The maximum atomic E-state index is 5.04. The Morgan fingerprint density at radius 1 is 1.18 bits per heavy atom. The van der Waals surface area contributed by atoms with Crippen LogP contribution in [0.1, 0.15) is 18.5 Å². The zero-order valence-corrected chi connectivity index (χ0v) is 9.79. The number of nitrogens with zero attached hydrogens (tertiary/aromatic N) is 3. The van der Waals surface area contributed by atoms with Crippen molar-refractivity contribution in [2.24, 2.45) is 0 Å². The van der Waals surface area contributed by atoms with Crippen LogP contribution >= 0.6 is 0 Å². The lowest BCUT2D eigenvalue weighted by atomic mass is 10.1.